The van der Waals surface area contributed by atoms with Crippen LogP contribution in [0.1, 0.15) is 35.2 Å². The van der Waals surface area contributed by atoms with Gasteiger partial charge in [0, 0.05) is 50.3 Å². The summed E-state index contributed by atoms with van der Waals surface area (Å²) >= 11 is 2.10. The minimum absolute atomic E-state index is 0.0894. The van der Waals surface area contributed by atoms with E-state index < -0.39 is 0 Å². The number of hydrogen-bond acceptors (Lipinski definition) is 3. The highest BCUT2D eigenvalue weighted by Gasteiger charge is 2.33. The van der Waals surface area contributed by atoms with E-state index in [-0.39, 0.29) is 5.91 Å². The van der Waals surface area contributed by atoms with E-state index in [9.17, 15) is 4.79 Å². The minimum atomic E-state index is 0.0894. The van der Waals surface area contributed by atoms with Crippen LogP contribution in [0.5, 0.6) is 0 Å². The zero-order valence-corrected chi connectivity index (χ0v) is 14.4. The molecule has 2 fully saturated rings. The van der Waals surface area contributed by atoms with Crippen molar-refractivity contribution < 1.29 is 4.79 Å². The van der Waals surface area contributed by atoms with Gasteiger partial charge in [0.15, 0.2) is 0 Å². The maximum Gasteiger partial charge on any atom is 0.253 e. The Kier molecular flexibility index (Phi) is 5.09. The van der Waals surface area contributed by atoms with Gasteiger partial charge < -0.3 is 4.90 Å². The van der Waals surface area contributed by atoms with Crippen molar-refractivity contribution in [3.63, 3.8) is 0 Å². The first-order valence-corrected chi connectivity index (χ1v) is 9.43. The Hall–Kier alpha value is -1.00. The van der Waals surface area contributed by atoms with Gasteiger partial charge in [0.2, 0.25) is 0 Å². The monoisotopic (exact) mass is 318 g/mol. The van der Waals surface area contributed by atoms with Crippen molar-refractivity contribution in [1.29, 1.82) is 0 Å². The van der Waals surface area contributed by atoms with E-state index in [1.807, 2.05) is 26.2 Å². The molecule has 0 N–H and O–H groups in total. The van der Waals surface area contributed by atoms with Crippen LogP contribution in [-0.4, -0.2) is 53.9 Å². The molecule has 0 bridgehead atoms. The molecule has 1 unspecified atom stereocenters. The largest absolute Gasteiger partial charge is 0.345 e. The number of nitrogens with zero attached hydrogens (tertiary/aromatic N) is 2. The second-order valence-corrected chi connectivity index (χ2v) is 7.85. The highest BCUT2D eigenvalue weighted by molar-refractivity contribution is 7.99. The molecule has 1 amide bonds. The molecule has 120 valence electrons. The quantitative estimate of drug-likeness (QED) is 0.852. The van der Waals surface area contributed by atoms with Crippen LogP contribution >= 0.6 is 11.8 Å². The van der Waals surface area contributed by atoms with E-state index in [0.29, 0.717) is 0 Å². The summed E-state index contributed by atoms with van der Waals surface area (Å²) in [5, 5.41) is 0. The van der Waals surface area contributed by atoms with E-state index in [2.05, 4.69) is 28.8 Å². The highest BCUT2D eigenvalue weighted by Crippen LogP contribution is 2.36. The Bertz CT molecular complexity index is 528. The van der Waals surface area contributed by atoms with E-state index in [1.165, 1.54) is 42.9 Å². The molecule has 0 aromatic heterocycles. The Labute approximate surface area is 138 Å². The van der Waals surface area contributed by atoms with Crippen molar-refractivity contribution in [2.75, 3.05) is 32.1 Å². The van der Waals surface area contributed by atoms with Gasteiger partial charge in [-0.2, -0.15) is 11.8 Å². The molecule has 1 saturated heterocycles. The fourth-order valence-electron chi connectivity index (χ4n) is 3.41. The molecule has 3 rings (SSSR count). The molecule has 1 aliphatic carbocycles. The molecule has 22 heavy (non-hydrogen) atoms. The summed E-state index contributed by atoms with van der Waals surface area (Å²) in [6.45, 7) is 2.16. The molecular formula is C18H26N2OS. The van der Waals surface area contributed by atoms with Gasteiger partial charge in [-0.25, -0.2) is 0 Å². The molecule has 0 spiro atoms. The Morgan fingerprint density at radius 2 is 2.18 bits per heavy atom. The third kappa shape index (κ3) is 3.49. The van der Waals surface area contributed by atoms with Crippen LogP contribution in [0.2, 0.25) is 0 Å². The molecule has 2 aliphatic rings. The van der Waals surface area contributed by atoms with E-state index in [4.69, 9.17) is 0 Å². The predicted molar refractivity (Wildman–Crippen MR) is 93.3 cm³/mol. The van der Waals surface area contributed by atoms with Crippen molar-refractivity contribution in [3.05, 3.63) is 35.4 Å². The van der Waals surface area contributed by atoms with Gasteiger partial charge in [-0.05, 0) is 36.5 Å². The standard InChI is InChI=1S/C18H26N2OS/c1-19(2)18(21)16-8-3-5-14(11-16)12-20-9-10-22-13-17(20)15-6-4-7-15/h3,5,8,11,15,17H,4,6-7,9-10,12-13H2,1-2H3. The van der Waals surface area contributed by atoms with E-state index >= 15 is 0 Å². The molecular weight excluding hydrogens is 292 g/mol. The van der Waals surface area contributed by atoms with Gasteiger partial charge in [0.05, 0.1) is 0 Å². The van der Waals surface area contributed by atoms with Crippen LogP contribution in [0.15, 0.2) is 24.3 Å². The molecule has 1 heterocycles. The van der Waals surface area contributed by atoms with E-state index in [1.54, 1.807) is 4.90 Å². The number of rotatable bonds is 4. The zero-order chi connectivity index (χ0) is 15.5. The first-order chi connectivity index (χ1) is 10.6. The third-order valence-electron chi connectivity index (χ3n) is 4.94. The lowest BCUT2D eigenvalue weighted by molar-refractivity contribution is 0.0827. The molecule has 0 radical (unpaired) electrons. The summed E-state index contributed by atoms with van der Waals surface area (Å²) in [5.41, 5.74) is 2.07. The lowest BCUT2D eigenvalue weighted by atomic mass is 9.79. The van der Waals surface area contributed by atoms with Gasteiger partial charge in [-0.3, -0.25) is 9.69 Å². The van der Waals surface area contributed by atoms with Gasteiger partial charge in [0.25, 0.3) is 5.91 Å². The summed E-state index contributed by atoms with van der Waals surface area (Å²) in [6.07, 6.45) is 4.22. The number of hydrogen-bond donors (Lipinski definition) is 0. The number of amides is 1. The maximum absolute atomic E-state index is 12.1. The first-order valence-electron chi connectivity index (χ1n) is 8.27. The Morgan fingerprint density at radius 3 is 2.86 bits per heavy atom. The average Bonchev–Trinajstić information content (AvgIpc) is 2.47. The smallest absolute Gasteiger partial charge is 0.253 e. The molecule has 1 aliphatic heterocycles. The van der Waals surface area contributed by atoms with Crippen LogP contribution in [0.25, 0.3) is 0 Å². The number of benzene rings is 1. The van der Waals surface area contributed by atoms with Crippen molar-refractivity contribution in [2.45, 2.75) is 31.8 Å². The summed E-state index contributed by atoms with van der Waals surface area (Å²) in [6, 6.07) is 8.90. The average molecular weight is 318 g/mol. The van der Waals surface area contributed by atoms with Crippen molar-refractivity contribution in [1.82, 2.24) is 9.80 Å². The van der Waals surface area contributed by atoms with Gasteiger partial charge in [-0.1, -0.05) is 18.6 Å². The van der Waals surface area contributed by atoms with Gasteiger partial charge in [-0.15, -0.1) is 0 Å². The molecule has 1 saturated carbocycles. The summed E-state index contributed by atoms with van der Waals surface area (Å²) in [4.78, 5) is 16.4. The fraction of sp³-hybridized carbons (Fsp3) is 0.611. The molecule has 1 aromatic carbocycles. The number of carbonyl (C=O) groups excluding carboxylic acids is 1. The van der Waals surface area contributed by atoms with Gasteiger partial charge >= 0.3 is 0 Å². The number of carbonyl (C=O) groups is 1. The molecule has 1 atom stereocenters. The van der Waals surface area contributed by atoms with Crippen LogP contribution in [0.3, 0.4) is 0 Å². The van der Waals surface area contributed by atoms with Crippen LogP contribution in [-0.2, 0) is 6.54 Å². The summed E-state index contributed by atoms with van der Waals surface area (Å²) in [5.74, 6) is 3.51. The second-order valence-electron chi connectivity index (χ2n) is 6.70. The SMILES string of the molecule is CN(C)C(=O)c1cccc(CN2CCSCC2C2CCC2)c1. The van der Waals surface area contributed by atoms with Crippen LogP contribution in [0, 0.1) is 5.92 Å². The lowest BCUT2D eigenvalue weighted by Crippen LogP contribution is -2.48. The molecule has 1 aromatic rings. The predicted octanol–water partition coefficient (Wildman–Crippen LogP) is 3.11. The van der Waals surface area contributed by atoms with Crippen LogP contribution < -0.4 is 0 Å². The Balaban J connectivity index is 1.71. The summed E-state index contributed by atoms with van der Waals surface area (Å²) in [7, 11) is 3.62. The normalized spacial score (nSPS) is 23.1. The van der Waals surface area contributed by atoms with Crippen molar-refractivity contribution in [2.24, 2.45) is 5.92 Å². The molecule has 3 nitrogen and oxygen atoms in total. The van der Waals surface area contributed by atoms with E-state index in [0.717, 1.165) is 24.1 Å². The third-order valence-corrected chi connectivity index (χ3v) is 5.99. The topological polar surface area (TPSA) is 23.6 Å². The first kappa shape index (κ1) is 15.9. The number of thioether (sulfide) groups is 1. The highest BCUT2D eigenvalue weighted by atomic mass is 32.2. The summed E-state index contributed by atoms with van der Waals surface area (Å²) < 4.78 is 0. The van der Waals surface area contributed by atoms with Crippen molar-refractivity contribution >= 4 is 17.7 Å². The Morgan fingerprint density at radius 1 is 1.36 bits per heavy atom. The second kappa shape index (κ2) is 7.05. The maximum atomic E-state index is 12.1. The minimum Gasteiger partial charge on any atom is -0.345 e. The zero-order valence-electron chi connectivity index (χ0n) is 13.6. The lowest BCUT2D eigenvalue weighted by Gasteiger charge is -2.43. The van der Waals surface area contributed by atoms with Gasteiger partial charge in [0.1, 0.15) is 0 Å². The molecule has 4 heteroatoms. The fourth-order valence-corrected chi connectivity index (χ4v) is 4.66. The van der Waals surface area contributed by atoms with Crippen LogP contribution in [0.4, 0.5) is 0 Å². The van der Waals surface area contributed by atoms with Crippen molar-refractivity contribution in [3.8, 4) is 0 Å².